The molecule has 3 nitrogen and oxygen atoms in total. The first-order valence-corrected chi connectivity index (χ1v) is 6.17. The van der Waals surface area contributed by atoms with Crippen LogP contribution in [0, 0.1) is 0 Å². The molecule has 0 unspecified atom stereocenters. The van der Waals surface area contributed by atoms with Crippen LogP contribution in [-0.4, -0.2) is 11.1 Å². The van der Waals surface area contributed by atoms with Crippen LogP contribution in [0.25, 0.3) is 20.2 Å². The lowest BCUT2D eigenvalue weighted by Gasteiger charge is -2.01. The zero-order valence-corrected chi connectivity index (χ0v) is 10.0. The van der Waals surface area contributed by atoms with Gasteiger partial charge >= 0.3 is 5.97 Å². The summed E-state index contributed by atoms with van der Waals surface area (Å²) in [7, 11) is 0. The number of fused-ring (bicyclic) bond motifs is 2. The van der Waals surface area contributed by atoms with Crippen molar-refractivity contribution in [3.05, 3.63) is 58.3 Å². The molecule has 18 heavy (non-hydrogen) atoms. The maximum Gasteiger partial charge on any atom is 0.335 e. The Morgan fingerprint density at radius 3 is 2.50 bits per heavy atom. The van der Waals surface area contributed by atoms with Crippen molar-refractivity contribution in [2.45, 2.75) is 0 Å². The van der Waals surface area contributed by atoms with Crippen molar-refractivity contribution >= 4 is 37.5 Å². The van der Waals surface area contributed by atoms with Crippen LogP contribution in [0.2, 0.25) is 0 Å². The van der Waals surface area contributed by atoms with Crippen LogP contribution >= 0.6 is 11.3 Å². The Hall–Kier alpha value is -2.20. The van der Waals surface area contributed by atoms with E-state index in [4.69, 9.17) is 5.11 Å². The summed E-state index contributed by atoms with van der Waals surface area (Å²) < 4.78 is 1.58. The van der Waals surface area contributed by atoms with Gasteiger partial charge in [-0.1, -0.05) is 12.1 Å². The lowest BCUT2D eigenvalue weighted by molar-refractivity contribution is 0.0697. The van der Waals surface area contributed by atoms with Crippen LogP contribution < -0.4 is 5.43 Å². The second-order valence-corrected chi connectivity index (χ2v) is 5.03. The third-order valence-corrected chi connectivity index (χ3v) is 3.96. The number of hydrogen-bond acceptors (Lipinski definition) is 3. The Labute approximate surface area is 106 Å². The van der Waals surface area contributed by atoms with E-state index in [-0.39, 0.29) is 11.0 Å². The lowest BCUT2D eigenvalue weighted by atomic mass is 10.1. The summed E-state index contributed by atoms with van der Waals surface area (Å²) >= 11 is 1.43. The largest absolute Gasteiger partial charge is 0.478 e. The molecule has 0 aliphatic rings. The van der Waals surface area contributed by atoms with Crippen molar-refractivity contribution < 1.29 is 9.90 Å². The Balaban J connectivity index is 2.48. The van der Waals surface area contributed by atoms with Crippen molar-refractivity contribution in [2.24, 2.45) is 0 Å². The van der Waals surface area contributed by atoms with Crippen molar-refractivity contribution in [2.75, 3.05) is 0 Å². The number of hydrogen-bond donors (Lipinski definition) is 1. The third kappa shape index (κ3) is 1.58. The summed E-state index contributed by atoms with van der Waals surface area (Å²) in [5.74, 6) is -0.982. The summed E-state index contributed by atoms with van der Waals surface area (Å²) in [6, 6.07) is 12.0. The molecular formula is C14H8O3S. The van der Waals surface area contributed by atoms with Crippen molar-refractivity contribution in [3.63, 3.8) is 0 Å². The lowest BCUT2D eigenvalue weighted by Crippen LogP contribution is -2.02. The normalized spacial score (nSPS) is 10.9. The Kier molecular flexibility index (Phi) is 2.38. The molecule has 88 valence electrons. The van der Waals surface area contributed by atoms with E-state index in [0.717, 1.165) is 4.70 Å². The van der Waals surface area contributed by atoms with Crippen molar-refractivity contribution in [3.8, 4) is 0 Å². The monoisotopic (exact) mass is 256 g/mol. The molecule has 1 N–H and O–H groups in total. The molecule has 0 aliphatic heterocycles. The van der Waals surface area contributed by atoms with E-state index in [0.29, 0.717) is 15.5 Å². The van der Waals surface area contributed by atoms with Gasteiger partial charge in [-0.15, -0.1) is 11.3 Å². The molecule has 1 heterocycles. The van der Waals surface area contributed by atoms with Gasteiger partial charge in [0, 0.05) is 20.2 Å². The van der Waals surface area contributed by atoms with Gasteiger partial charge in [-0.25, -0.2) is 4.79 Å². The van der Waals surface area contributed by atoms with Gasteiger partial charge in [0.05, 0.1) is 5.56 Å². The molecule has 0 bridgehead atoms. The van der Waals surface area contributed by atoms with Crippen LogP contribution in [0.1, 0.15) is 10.4 Å². The predicted molar refractivity (Wildman–Crippen MR) is 72.6 cm³/mol. The van der Waals surface area contributed by atoms with Gasteiger partial charge in [0.15, 0.2) is 5.43 Å². The van der Waals surface area contributed by atoms with E-state index >= 15 is 0 Å². The minimum atomic E-state index is -0.982. The highest BCUT2D eigenvalue weighted by Crippen LogP contribution is 2.25. The molecule has 3 aromatic rings. The minimum absolute atomic E-state index is 0.0451. The quantitative estimate of drug-likeness (QED) is 0.680. The van der Waals surface area contributed by atoms with E-state index in [9.17, 15) is 9.59 Å². The first-order chi connectivity index (χ1) is 8.66. The van der Waals surface area contributed by atoms with Gasteiger partial charge in [0.25, 0.3) is 0 Å². The highest BCUT2D eigenvalue weighted by atomic mass is 32.1. The number of carboxylic acid groups (broad SMARTS) is 1. The molecule has 0 radical (unpaired) electrons. The number of carboxylic acids is 1. The SMILES string of the molecule is O=C(O)c1ccc2c(=O)c3ccccc3sc2c1. The van der Waals surface area contributed by atoms with Gasteiger partial charge in [0.2, 0.25) is 0 Å². The van der Waals surface area contributed by atoms with Crippen LogP contribution in [0.4, 0.5) is 0 Å². The minimum Gasteiger partial charge on any atom is -0.478 e. The second-order valence-electron chi connectivity index (χ2n) is 3.94. The average molecular weight is 256 g/mol. The fourth-order valence-corrected chi connectivity index (χ4v) is 3.04. The smallest absolute Gasteiger partial charge is 0.335 e. The molecular weight excluding hydrogens is 248 g/mol. The predicted octanol–water partition coefficient (Wildman–Crippen LogP) is 3.11. The highest BCUT2D eigenvalue weighted by molar-refractivity contribution is 7.24. The van der Waals surface area contributed by atoms with Gasteiger partial charge in [-0.3, -0.25) is 4.79 Å². The molecule has 1 aromatic heterocycles. The Morgan fingerprint density at radius 1 is 1.00 bits per heavy atom. The van der Waals surface area contributed by atoms with E-state index in [1.165, 1.54) is 17.4 Å². The van der Waals surface area contributed by atoms with Crippen LogP contribution in [0.15, 0.2) is 47.3 Å². The van der Waals surface area contributed by atoms with Crippen molar-refractivity contribution in [1.82, 2.24) is 0 Å². The van der Waals surface area contributed by atoms with Crippen molar-refractivity contribution in [1.29, 1.82) is 0 Å². The molecule has 0 aliphatic carbocycles. The third-order valence-electron chi connectivity index (χ3n) is 2.82. The molecule has 0 spiro atoms. The second kappa shape index (κ2) is 3.92. The standard InChI is InChI=1S/C14H8O3S/c15-13-9-3-1-2-4-11(9)18-12-7-8(14(16)17)5-6-10(12)13/h1-7H,(H,16,17). The van der Waals surface area contributed by atoms with Gasteiger partial charge in [-0.2, -0.15) is 0 Å². The van der Waals surface area contributed by atoms with E-state index < -0.39 is 5.97 Å². The number of carbonyl (C=O) groups is 1. The van der Waals surface area contributed by atoms with E-state index in [1.807, 2.05) is 18.2 Å². The molecule has 2 aromatic carbocycles. The number of aromatic carboxylic acids is 1. The van der Waals surface area contributed by atoms with E-state index in [1.54, 1.807) is 18.2 Å². The summed E-state index contributed by atoms with van der Waals surface area (Å²) in [6.45, 7) is 0. The maximum atomic E-state index is 12.2. The zero-order valence-electron chi connectivity index (χ0n) is 9.21. The Morgan fingerprint density at radius 2 is 1.72 bits per heavy atom. The number of rotatable bonds is 1. The molecule has 0 fully saturated rings. The summed E-state index contributed by atoms with van der Waals surface area (Å²) in [5.41, 5.74) is 0.157. The first kappa shape index (κ1) is 10.9. The van der Waals surface area contributed by atoms with Crippen LogP contribution in [-0.2, 0) is 0 Å². The number of benzene rings is 2. The Bertz CT molecular complexity index is 833. The highest BCUT2D eigenvalue weighted by Gasteiger charge is 2.08. The average Bonchev–Trinajstić information content (AvgIpc) is 2.38. The van der Waals surface area contributed by atoms with Crippen LogP contribution in [0.3, 0.4) is 0 Å². The molecule has 0 saturated heterocycles. The molecule has 4 heteroatoms. The fourth-order valence-electron chi connectivity index (χ4n) is 1.93. The first-order valence-electron chi connectivity index (χ1n) is 5.36. The topological polar surface area (TPSA) is 54.4 Å². The van der Waals surface area contributed by atoms with Gasteiger partial charge in [0.1, 0.15) is 0 Å². The van der Waals surface area contributed by atoms with Crippen LogP contribution in [0.5, 0.6) is 0 Å². The summed E-state index contributed by atoms with van der Waals surface area (Å²) in [6.07, 6.45) is 0. The summed E-state index contributed by atoms with van der Waals surface area (Å²) in [5, 5.41) is 10.2. The molecule has 0 atom stereocenters. The molecule has 3 rings (SSSR count). The summed E-state index contributed by atoms with van der Waals surface area (Å²) in [4.78, 5) is 23.1. The van der Waals surface area contributed by atoms with Gasteiger partial charge in [-0.05, 0) is 30.3 Å². The molecule has 0 saturated carbocycles. The van der Waals surface area contributed by atoms with E-state index in [2.05, 4.69) is 0 Å². The zero-order chi connectivity index (χ0) is 12.7. The maximum absolute atomic E-state index is 12.2. The fraction of sp³-hybridized carbons (Fsp3) is 0. The molecule has 0 amide bonds. The van der Waals surface area contributed by atoms with Gasteiger partial charge < -0.3 is 5.11 Å².